The Morgan fingerprint density at radius 1 is 0.867 bits per heavy atom. The summed E-state index contributed by atoms with van der Waals surface area (Å²) in [6.07, 6.45) is -5.33. The summed E-state index contributed by atoms with van der Waals surface area (Å²) in [6, 6.07) is 7.05. The zero-order valence-electron chi connectivity index (χ0n) is 17.0. The van der Waals surface area contributed by atoms with Gasteiger partial charge in [0, 0.05) is 32.2 Å². The van der Waals surface area contributed by atoms with Crippen LogP contribution < -0.4 is 0 Å². The minimum atomic E-state index is -1.19. The molecule has 1 heterocycles. The topological polar surface area (TPSA) is 114 Å². The summed E-state index contributed by atoms with van der Waals surface area (Å²) >= 11 is 3.38. The number of carbonyl (C=O) groups is 4. The largest absolute Gasteiger partial charge is 0.463 e. The van der Waals surface area contributed by atoms with Crippen LogP contribution in [0.3, 0.4) is 0 Å². The van der Waals surface area contributed by atoms with Crippen LogP contribution in [-0.2, 0) is 42.9 Å². The summed E-state index contributed by atoms with van der Waals surface area (Å²) in [7, 11) is 0. The average Bonchev–Trinajstić information content (AvgIpc) is 2.62. The van der Waals surface area contributed by atoms with E-state index < -0.39 is 54.4 Å². The molecule has 0 amide bonds. The van der Waals surface area contributed by atoms with Crippen molar-refractivity contribution in [3.63, 3.8) is 0 Å². The van der Waals surface area contributed by atoms with Gasteiger partial charge in [-0.2, -0.15) is 0 Å². The zero-order valence-corrected chi connectivity index (χ0v) is 18.5. The maximum absolute atomic E-state index is 11.8. The first kappa shape index (κ1) is 23.8. The lowest BCUT2D eigenvalue weighted by Gasteiger charge is -2.44. The van der Waals surface area contributed by atoms with E-state index in [1.54, 1.807) is 24.3 Å². The Morgan fingerprint density at radius 2 is 1.43 bits per heavy atom. The van der Waals surface area contributed by atoms with Crippen molar-refractivity contribution in [2.75, 3.05) is 6.61 Å². The first-order valence-electron chi connectivity index (χ1n) is 9.14. The molecule has 1 saturated heterocycles. The Kier molecular flexibility index (Phi) is 8.36. The van der Waals surface area contributed by atoms with Gasteiger partial charge in [0.15, 0.2) is 18.3 Å². The number of esters is 4. The molecule has 1 fully saturated rings. The van der Waals surface area contributed by atoms with Gasteiger partial charge in [0.1, 0.15) is 18.8 Å². The third kappa shape index (κ3) is 6.53. The van der Waals surface area contributed by atoms with E-state index in [9.17, 15) is 19.2 Å². The molecule has 0 N–H and O–H groups in total. The third-order valence-corrected chi connectivity index (χ3v) is 4.66. The maximum atomic E-state index is 11.8. The molecule has 10 heteroatoms. The molecule has 1 aromatic carbocycles. The minimum absolute atomic E-state index is 0.262. The summed E-state index contributed by atoms with van der Waals surface area (Å²) in [5.41, 5.74) is 0.613. The van der Waals surface area contributed by atoms with Crippen LogP contribution in [0, 0.1) is 0 Å². The maximum Gasteiger partial charge on any atom is 0.303 e. The highest BCUT2D eigenvalue weighted by atomic mass is 79.9. The van der Waals surface area contributed by atoms with Gasteiger partial charge in [-0.25, -0.2) is 0 Å². The molecule has 5 atom stereocenters. The SMILES string of the molecule is CC(=O)OC[C@H]1O[C@@H](c2cccc(Br)c2)[C@H](OC(C)=O)[C@@H](OC(C)=O)[C@H]1OC(C)=O. The molecule has 164 valence electrons. The van der Waals surface area contributed by atoms with Gasteiger partial charge in [-0.15, -0.1) is 0 Å². The molecule has 2 rings (SSSR count). The van der Waals surface area contributed by atoms with Gasteiger partial charge in [0.2, 0.25) is 0 Å². The van der Waals surface area contributed by atoms with Crippen LogP contribution in [0.15, 0.2) is 28.7 Å². The molecule has 0 aliphatic carbocycles. The van der Waals surface area contributed by atoms with Gasteiger partial charge in [0.05, 0.1) is 0 Å². The van der Waals surface area contributed by atoms with Crippen molar-refractivity contribution >= 4 is 39.8 Å². The van der Waals surface area contributed by atoms with Crippen LogP contribution in [0.2, 0.25) is 0 Å². The molecule has 0 aromatic heterocycles. The normalized spacial score (nSPS) is 25.7. The fourth-order valence-electron chi connectivity index (χ4n) is 3.18. The van der Waals surface area contributed by atoms with Crippen LogP contribution in [0.25, 0.3) is 0 Å². The number of benzene rings is 1. The van der Waals surface area contributed by atoms with E-state index in [1.165, 1.54) is 27.7 Å². The van der Waals surface area contributed by atoms with Crippen LogP contribution in [0.5, 0.6) is 0 Å². The predicted octanol–water partition coefficient (Wildman–Crippen LogP) is 2.25. The van der Waals surface area contributed by atoms with E-state index in [-0.39, 0.29) is 6.61 Å². The fraction of sp³-hybridized carbons (Fsp3) is 0.500. The summed E-state index contributed by atoms with van der Waals surface area (Å²) < 4.78 is 28.1. The molecule has 1 aromatic rings. The van der Waals surface area contributed by atoms with E-state index in [4.69, 9.17) is 23.7 Å². The predicted molar refractivity (Wildman–Crippen MR) is 105 cm³/mol. The number of halogens is 1. The fourth-order valence-corrected chi connectivity index (χ4v) is 3.60. The van der Waals surface area contributed by atoms with Crippen molar-refractivity contribution in [3.8, 4) is 0 Å². The van der Waals surface area contributed by atoms with Crippen molar-refractivity contribution < 1.29 is 42.9 Å². The Bertz CT molecular complexity index is 809. The van der Waals surface area contributed by atoms with Crippen LogP contribution in [0.1, 0.15) is 39.4 Å². The van der Waals surface area contributed by atoms with Gasteiger partial charge in [-0.1, -0.05) is 28.1 Å². The molecule has 0 radical (unpaired) electrons. The first-order valence-corrected chi connectivity index (χ1v) is 9.93. The van der Waals surface area contributed by atoms with Gasteiger partial charge < -0.3 is 23.7 Å². The first-order chi connectivity index (χ1) is 14.1. The Hall–Kier alpha value is -2.46. The van der Waals surface area contributed by atoms with Crippen molar-refractivity contribution in [1.82, 2.24) is 0 Å². The lowest BCUT2D eigenvalue weighted by Crippen LogP contribution is -2.59. The molecule has 30 heavy (non-hydrogen) atoms. The summed E-state index contributed by atoms with van der Waals surface area (Å²) in [4.78, 5) is 46.7. The van der Waals surface area contributed by atoms with Crippen molar-refractivity contribution in [3.05, 3.63) is 34.3 Å². The second kappa shape index (κ2) is 10.5. The van der Waals surface area contributed by atoms with Gasteiger partial charge in [-0.3, -0.25) is 19.2 Å². The van der Waals surface area contributed by atoms with Gasteiger partial charge in [0.25, 0.3) is 0 Å². The van der Waals surface area contributed by atoms with Crippen LogP contribution in [-0.4, -0.2) is 54.9 Å². The number of ether oxygens (including phenoxy) is 5. The molecule has 1 aliphatic heterocycles. The Balaban J connectivity index is 2.53. The van der Waals surface area contributed by atoms with Gasteiger partial charge >= 0.3 is 23.9 Å². The van der Waals surface area contributed by atoms with Crippen molar-refractivity contribution in [2.24, 2.45) is 0 Å². The van der Waals surface area contributed by atoms with Crippen LogP contribution >= 0.6 is 15.9 Å². The van der Waals surface area contributed by atoms with Crippen molar-refractivity contribution in [1.29, 1.82) is 0 Å². The molecule has 1 aliphatic rings. The molecule has 0 spiro atoms. The Labute approximate surface area is 182 Å². The van der Waals surface area contributed by atoms with Gasteiger partial charge in [-0.05, 0) is 17.7 Å². The average molecular weight is 487 g/mol. The van der Waals surface area contributed by atoms with E-state index >= 15 is 0 Å². The molecular formula is C20H23BrO9. The smallest absolute Gasteiger partial charge is 0.303 e. The van der Waals surface area contributed by atoms with E-state index in [2.05, 4.69) is 15.9 Å². The standard InChI is InChI=1S/C20H23BrO9/c1-10(22)26-9-16-18(27-11(2)23)20(29-13(4)25)19(28-12(3)24)17(30-16)14-6-5-7-15(21)8-14/h5-8,16-20H,9H2,1-4H3/t16-,17+,18+,19+,20+/m1/s1. The summed E-state index contributed by atoms with van der Waals surface area (Å²) in [6.45, 7) is 4.52. The second-order valence-corrected chi connectivity index (χ2v) is 7.59. The van der Waals surface area contributed by atoms with E-state index in [1.807, 2.05) is 0 Å². The third-order valence-electron chi connectivity index (χ3n) is 4.17. The molecule has 0 unspecified atom stereocenters. The Morgan fingerprint density at radius 3 is 1.97 bits per heavy atom. The van der Waals surface area contributed by atoms with Crippen LogP contribution in [0.4, 0.5) is 0 Å². The highest BCUT2D eigenvalue weighted by Gasteiger charge is 2.52. The monoisotopic (exact) mass is 486 g/mol. The molecular weight excluding hydrogens is 464 g/mol. The molecule has 0 saturated carbocycles. The quantitative estimate of drug-likeness (QED) is 0.440. The second-order valence-electron chi connectivity index (χ2n) is 6.67. The number of hydrogen-bond acceptors (Lipinski definition) is 9. The highest BCUT2D eigenvalue weighted by Crippen LogP contribution is 2.38. The number of carbonyl (C=O) groups excluding carboxylic acids is 4. The van der Waals surface area contributed by atoms with E-state index in [0.29, 0.717) is 5.56 Å². The zero-order chi connectivity index (χ0) is 22.4. The lowest BCUT2D eigenvalue weighted by atomic mass is 9.90. The number of rotatable bonds is 6. The minimum Gasteiger partial charge on any atom is -0.463 e. The summed E-state index contributed by atoms with van der Waals surface area (Å²) in [5.74, 6) is -2.54. The summed E-state index contributed by atoms with van der Waals surface area (Å²) in [5, 5.41) is 0. The van der Waals surface area contributed by atoms with Crippen molar-refractivity contribution in [2.45, 2.75) is 58.2 Å². The molecule has 9 nitrogen and oxygen atoms in total. The highest BCUT2D eigenvalue weighted by molar-refractivity contribution is 9.10. The molecule has 0 bridgehead atoms. The number of hydrogen-bond donors (Lipinski definition) is 0. The lowest BCUT2D eigenvalue weighted by molar-refractivity contribution is -0.254. The van der Waals surface area contributed by atoms with E-state index in [0.717, 1.165) is 4.47 Å².